The van der Waals surface area contributed by atoms with E-state index in [4.69, 9.17) is 22.4 Å². The SMILES string of the molecule is [2H]C(C)(NC(=O)C(C)O)c1cc(F)cc(Cl)c1COc1ccc(OC)cc1. The molecule has 0 fully saturated rings. The Morgan fingerprint density at radius 2 is 1.92 bits per heavy atom. The fourth-order valence-electron chi connectivity index (χ4n) is 2.27. The van der Waals surface area contributed by atoms with E-state index in [0.717, 1.165) is 12.1 Å². The number of carbonyl (C=O) groups excluding carboxylic acids is 1. The number of carbonyl (C=O) groups is 1. The van der Waals surface area contributed by atoms with Crippen LogP contribution in [-0.4, -0.2) is 24.2 Å². The summed E-state index contributed by atoms with van der Waals surface area (Å²) in [6.45, 7) is 2.60. The quantitative estimate of drug-likeness (QED) is 0.767. The minimum absolute atomic E-state index is 0.0419. The molecular weight excluding hydrogens is 361 g/mol. The molecule has 26 heavy (non-hydrogen) atoms. The summed E-state index contributed by atoms with van der Waals surface area (Å²) >= 11 is 6.17. The van der Waals surface area contributed by atoms with E-state index >= 15 is 0 Å². The molecule has 2 rings (SSSR count). The molecule has 0 bridgehead atoms. The molecule has 140 valence electrons. The van der Waals surface area contributed by atoms with Crippen LogP contribution in [0.2, 0.25) is 5.02 Å². The summed E-state index contributed by atoms with van der Waals surface area (Å²) in [5.74, 6) is -0.202. The summed E-state index contributed by atoms with van der Waals surface area (Å²) in [6, 6.07) is 7.35. The van der Waals surface area contributed by atoms with Crippen molar-refractivity contribution in [1.82, 2.24) is 5.32 Å². The van der Waals surface area contributed by atoms with Crippen LogP contribution in [0, 0.1) is 5.82 Å². The lowest BCUT2D eigenvalue weighted by Crippen LogP contribution is -2.34. The maximum absolute atomic E-state index is 13.9. The number of rotatable bonds is 7. The Morgan fingerprint density at radius 3 is 2.50 bits per heavy atom. The van der Waals surface area contributed by atoms with Gasteiger partial charge in [0.05, 0.1) is 19.5 Å². The molecule has 0 saturated carbocycles. The molecule has 7 heteroatoms. The summed E-state index contributed by atoms with van der Waals surface area (Å²) in [5.41, 5.74) is 0.493. The zero-order valence-electron chi connectivity index (χ0n) is 15.7. The van der Waals surface area contributed by atoms with Gasteiger partial charge in [0, 0.05) is 5.56 Å². The van der Waals surface area contributed by atoms with Crippen LogP contribution in [0.3, 0.4) is 0 Å². The van der Waals surface area contributed by atoms with E-state index in [0.29, 0.717) is 17.1 Å². The highest BCUT2D eigenvalue weighted by Gasteiger charge is 2.19. The highest BCUT2D eigenvalue weighted by molar-refractivity contribution is 6.31. The van der Waals surface area contributed by atoms with Gasteiger partial charge in [0.25, 0.3) is 0 Å². The van der Waals surface area contributed by atoms with Crippen molar-refractivity contribution in [3.63, 3.8) is 0 Å². The third-order valence-electron chi connectivity index (χ3n) is 3.70. The highest BCUT2D eigenvalue weighted by Crippen LogP contribution is 2.28. The molecule has 2 atom stereocenters. The molecule has 2 aromatic rings. The lowest BCUT2D eigenvalue weighted by atomic mass is 10.0. The summed E-state index contributed by atoms with van der Waals surface area (Å²) in [7, 11) is 1.55. The van der Waals surface area contributed by atoms with Crippen molar-refractivity contribution in [2.75, 3.05) is 7.11 Å². The van der Waals surface area contributed by atoms with Gasteiger partial charge in [0.2, 0.25) is 5.91 Å². The Balaban J connectivity index is 2.30. The number of ether oxygens (including phenoxy) is 2. The van der Waals surface area contributed by atoms with Gasteiger partial charge in [0.1, 0.15) is 30.0 Å². The van der Waals surface area contributed by atoms with E-state index < -0.39 is 23.8 Å². The summed E-state index contributed by atoms with van der Waals surface area (Å²) in [5, 5.41) is 11.8. The number of halogens is 2. The maximum atomic E-state index is 13.9. The summed E-state index contributed by atoms with van der Waals surface area (Å²) < 4.78 is 33.1. The minimum atomic E-state index is -1.72. The lowest BCUT2D eigenvalue weighted by Gasteiger charge is -2.20. The number of aliphatic hydroxyl groups excluding tert-OH is 1. The van der Waals surface area contributed by atoms with E-state index in [9.17, 15) is 14.3 Å². The third kappa shape index (κ3) is 5.09. The second-order valence-corrected chi connectivity index (χ2v) is 6.08. The number of amides is 1. The van der Waals surface area contributed by atoms with Crippen LogP contribution in [0.4, 0.5) is 4.39 Å². The zero-order chi connectivity index (χ0) is 20.2. The van der Waals surface area contributed by atoms with E-state index in [1.165, 1.54) is 13.8 Å². The van der Waals surface area contributed by atoms with Gasteiger partial charge in [-0.15, -0.1) is 0 Å². The maximum Gasteiger partial charge on any atom is 0.249 e. The van der Waals surface area contributed by atoms with Gasteiger partial charge < -0.3 is 19.9 Å². The molecule has 2 N–H and O–H groups in total. The Labute approximate surface area is 158 Å². The molecule has 0 spiro atoms. The average molecular weight is 383 g/mol. The fourth-order valence-corrected chi connectivity index (χ4v) is 2.53. The van der Waals surface area contributed by atoms with Crippen molar-refractivity contribution in [2.24, 2.45) is 0 Å². The number of hydrogen-bond acceptors (Lipinski definition) is 4. The van der Waals surface area contributed by atoms with Crippen molar-refractivity contribution in [2.45, 2.75) is 32.6 Å². The highest BCUT2D eigenvalue weighted by atomic mass is 35.5. The molecule has 0 aliphatic rings. The number of hydrogen-bond donors (Lipinski definition) is 2. The molecule has 2 unspecified atom stereocenters. The molecule has 0 saturated heterocycles. The van der Waals surface area contributed by atoms with Crippen LogP contribution in [0.15, 0.2) is 36.4 Å². The van der Waals surface area contributed by atoms with Gasteiger partial charge in [-0.3, -0.25) is 4.79 Å². The predicted octanol–water partition coefficient (Wildman–Crippen LogP) is 3.62. The lowest BCUT2D eigenvalue weighted by molar-refractivity contribution is -0.129. The van der Waals surface area contributed by atoms with Crippen LogP contribution in [0.1, 0.15) is 32.4 Å². The van der Waals surface area contributed by atoms with E-state index in [1.54, 1.807) is 31.4 Å². The smallest absolute Gasteiger partial charge is 0.249 e. The van der Waals surface area contributed by atoms with E-state index in [2.05, 4.69) is 5.32 Å². The normalized spacial score (nSPS) is 14.8. The standard InChI is InChI=1S/C19H21ClFNO4/c1-11(22-19(24)12(2)23)16-8-13(21)9-18(20)17(16)10-26-15-6-4-14(25-3)5-7-15/h4-9,11-12,23H,10H2,1-3H3,(H,22,24)/i11D. The van der Waals surface area contributed by atoms with E-state index in [-0.39, 0.29) is 17.2 Å². The van der Waals surface area contributed by atoms with Crippen molar-refractivity contribution in [3.05, 3.63) is 58.4 Å². The number of aliphatic hydroxyl groups is 1. The van der Waals surface area contributed by atoms with Crippen LogP contribution in [0.25, 0.3) is 0 Å². The van der Waals surface area contributed by atoms with Crippen molar-refractivity contribution < 1.29 is 25.1 Å². The second kappa shape index (κ2) is 8.87. The molecule has 2 aromatic carbocycles. The Kier molecular flexibility index (Phi) is 6.30. The zero-order valence-corrected chi connectivity index (χ0v) is 15.4. The molecule has 0 heterocycles. The second-order valence-electron chi connectivity index (χ2n) is 5.67. The molecule has 0 aliphatic carbocycles. The summed E-state index contributed by atoms with van der Waals surface area (Å²) in [6.07, 6.45) is -1.31. The average Bonchev–Trinajstić information content (AvgIpc) is 2.60. The van der Waals surface area contributed by atoms with Crippen molar-refractivity contribution in [3.8, 4) is 11.5 Å². The largest absolute Gasteiger partial charge is 0.497 e. The first kappa shape index (κ1) is 18.5. The Hall–Kier alpha value is -2.31. The van der Waals surface area contributed by atoms with Crippen molar-refractivity contribution >= 4 is 17.5 Å². The van der Waals surface area contributed by atoms with Gasteiger partial charge in [-0.2, -0.15) is 0 Å². The van der Waals surface area contributed by atoms with Crippen LogP contribution in [0.5, 0.6) is 11.5 Å². The minimum Gasteiger partial charge on any atom is -0.497 e. The molecule has 0 radical (unpaired) electrons. The molecular formula is C19H21ClFNO4. The van der Waals surface area contributed by atoms with E-state index in [1.807, 2.05) is 0 Å². The fraction of sp³-hybridized carbons (Fsp3) is 0.316. The third-order valence-corrected chi connectivity index (χ3v) is 4.03. The topological polar surface area (TPSA) is 67.8 Å². The number of benzene rings is 2. The van der Waals surface area contributed by atoms with Crippen LogP contribution < -0.4 is 14.8 Å². The van der Waals surface area contributed by atoms with Gasteiger partial charge in [-0.05, 0) is 55.8 Å². The molecule has 1 amide bonds. The molecule has 5 nitrogen and oxygen atoms in total. The predicted molar refractivity (Wildman–Crippen MR) is 97.0 cm³/mol. The van der Waals surface area contributed by atoms with Gasteiger partial charge in [-0.1, -0.05) is 11.6 Å². The van der Waals surface area contributed by atoms with Crippen LogP contribution in [-0.2, 0) is 11.4 Å². The van der Waals surface area contributed by atoms with Gasteiger partial charge in [0.15, 0.2) is 0 Å². The monoisotopic (exact) mass is 382 g/mol. The van der Waals surface area contributed by atoms with Gasteiger partial charge >= 0.3 is 0 Å². The number of nitrogens with one attached hydrogen (secondary N) is 1. The number of methoxy groups -OCH3 is 1. The Bertz CT molecular complexity index is 812. The van der Waals surface area contributed by atoms with Crippen LogP contribution >= 0.6 is 11.6 Å². The first-order valence-electron chi connectivity index (χ1n) is 8.39. The molecule has 0 aromatic heterocycles. The first-order valence-corrected chi connectivity index (χ1v) is 8.27. The summed E-state index contributed by atoms with van der Waals surface area (Å²) in [4.78, 5) is 11.8. The first-order chi connectivity index (χ1) is 12.6. The van der Waals surface area contributed by atoms with Crippen molar-refractivity contribution in [1.29, 1.82) is 0 Å². The Morgan fingerprint density at radius 1 is 1.31 bits per heavy atom. The molecule has 0 aliphatic heterocycles. The van der Waals surface area contributed by atoms with Gasteiger partial charge in [-0.25, -0.2) is 4.39 Å².